The summed E-state index contributed by atoms with van der Waals surface area (Å²) in [4.78, 5) is 26.9. The summed E-state index contributed by atoms with van der Waals surface area (Å²) in [5.41, 5.74) is 2.29. The second-order valence-electron chi connectivity index (χ2n) is 10.5. The maximum absolute atomic E-state index is 12.8. The number of hydrogen-bond donors (Lipinski definition) is 2. The number of nitrogens with zero attached hydrogens (tertiary/aromatic N) is 1. The summed E-state index contributed by atoms with van der Waals surface area (Å²) >= 11 is 0. The number of anilines is 1. The lowest BCUT2D eigenvalue weighted by molar-refractivity contribution is -0.115. The van der Waals surface area contributed by atoms with Gasteiger partial charge in [-0.15, -0.1) is 0 Å². The molecule has 0 radical (unpaired) electrons. The van der Waals surface area contributed by atoms with Crippen LogP contribution in [0.25, 0.3) is 0 Å². The molecule has 0 aliphatic heterocycles. The van der Waals surface area contributed by atoms with Crippen LogP contribution in [0.2, 0.25) is 0 Å². The summed E-state index contributed by atoms with van der Waals surface area (Å²) in [5, 5.41) is 6.15. The first-order chi connectivity index (χ1) is 18.6. The van der Waals surface area contributed by atoms with Gasteiger partial charge in [-0.25, -0.2) is 0 Å². The molecule has 0 saturated heterocycles. The highest BCUT2D eigenvalue weighted by molar-refractivity contribution is 5.97. The van der Waals surface area contributed by atoms with Crippen LogP contribution in [0.5, 0.6) is 0 Å². The Bertz CT molecular complexity index is 900. The molecule has 5 nitrogen and oxygen atoms in total. The molecule has 0 aliphatic carbocycles. The van der Waals surface area contributed by atoms with Gasteiger partial charge in [0.1, 0.15) is 0 Å². The van der Waals surface area contributed by atoms with Crippen LogP contribution in [0.4, 0.5) is 5.69 Å². The quantitative estimate of drug-likeness (QED) is 0.164. The third-order valence-corrected chi connectivity index (χ3v) is 7.00. The summed E-state index contributed by atoms with van der Waals surface area (Å²) in [5.74, 6) is -0.154. The molecule has 5 heteroatoms. The number of unbranched alkanes of at least 4 members (excludes halogenated alkanes) is 13. The van der Waals surface area contributed by atoms with Gasteiger partial charge < -0.3 is 15.5 Å². The van der Waals surface area contributed by atoms with Crippen molar-refractivity contribution in [1.29, 1.82) is 0 Å². The molecule has 0 saturated carbocycles. The Labute approximate surface area is 231 Å². The largest absolute Gasteiger partial charge is 0.337 e. The lowest BCUT2D eigenvalue weighted by Gasteiger charge is -2.18. The number of amides is 2. The topological polar surface area (TPSA) is 61.4 Å². The van der Waals surface area contributed by atoms with E-state index >= 15 is 0 Å². The van der Waals surface area contributed by atoms with Crippen LogP contribution in [-0.2, 0) is 11.3 Å². The summed E-state index contributed by atoms with van der Waals surface area (Å²) < 4.78 is 0. The molecular weight excluding hydrogens is 470 g/mol. The maximum atomic E-state index is 12.8. The Morgan fingerprint density at radius 2 is 1.29 bits per heavy atom. The third kappa shape index (κ3) is 14.3. The van der Waals surface area contributed by atoms with Crippen molar-refractivity contribution in [2.24, 2.45) is 0 Å². The van der Waals surface area contributed by atoms with Crippen molar-refractivity contribution >= 4 is 17.5 Å². The molecule has 2 N–H and O–H groups in total. The van der Waals surface area contributed by atoms with Gasteiger partial charge in [-0.2, -0.15) is 0 Å². The van der Waals surface area contributed by atoms with Crippen LogP contribution in [-0.4, -0.2) is 36.9 Å². The van der Waals surface area contributed by atoms with Gasteiger partial charge in [-0.1, -0.05) is 127 Å². The first-order valence-electron chi connectivity index (χ1n) is 15.0. The highest BCUT2D eigenvalue weighted by Crippen LogP contribution is 2.15. The van der Waals surface area contributed by atoms with E-state index in [4.69, 9.17) is 0 Å². The van der Waals surface area contributed by atoms with Crippen LogP contribution in [0, 0.1) is 0 Å². The molecule has 2 aromatic rings. The molecule has 0 fully saturated rings. The first kappa shape index (κ1) is 31.6. The van der Waals surface area contributed by atoms with Crippen LogP contribution >= 0.6 is 0 Å². The number of benzene rings is 2. The molecule has 2 aromatic carbocycles. The number of carbonyl (C=O) groups excluding carboxylic acids is 2. The second-order valence-corrected chi connectivity index (χ2v) is 10.5. The highest BCUT2D eigenvalue weighted by atomic mass is 16.2. The maximum Gasteiger partial charge on any atom is 0.253 e. The van der Waals surface area contributed by atoms with Crippen molar-refractivity contribution in [1.82, 2.24) is 10.2 Å². The van der Waals surface area contributed by atoms with Crippen molar-refractivity contribution in [3.05, 3.63) is 65.7 Å². The molecule has 0 unspecified atom stereocenters. The van der Waals surface area contributed by atoms with E-state index in [0.29, 0.717) is 17.8 Å². The minimum Gasteiger partial charge on any atom is -0.337 e. The normalized spacial score (nSPS) is 10.9. The number of carbonyl (C=O) groups is 2. The van der Waals surface area contributed by atoms with E-state index in [1.54, 1.807) is 30.1 Å². The van der Waals surface area contributed by atoms with Crippen LogP contribution in [0.15, 0.2) is 54.6 Å². The van der Waals surface area contributed by atoms with Gasteiger partial charge in [0.25, 0.3) is 5.91 Å². The molecule has 2 rings (SSSR count). The zero-order chi connectivity index (χ0) is 27.3. The number of hydrogen-bond acceptors (Lipinski definition) is 3. The summed E-state index contributed by atoms with van der Waals surface area (Å²) in [6.45, 7) is 3.95. The second kappa shape index (κ2) is 20.3. The van der Waals surface area contributed by atoms with Gasteiger partial charge in [-0.3, -0.25) is 9.59 Å². The lowest BCUT2D eigenvalue weighted by Crippen LogP contribution is -2.29. The molecule has 0 bridgehead atoms. The van der Waals surface area contributed by atoms with E-state index in [1.807, 2.05) is 36.4 Å². The predicted octanol–water partition coefficient (Wildman–Crippen LogP) is 7.97. The summed E-state index contributed by atoms with van der Waals surface area (Å²) in [7, 11) is 1.79. The van der Waals surface area contributed by atoms with Gasteiger partial charge in [0.05, 0.1) is 6.54 Å². The zero-order valence-corrected chi connectivity index (χ0v) is 24.0. The highest BCUT2D eigenvalue weighted by Gasteiger charge is 2.13. The Morgan fingerprint density at radius 1 is 0.711 bits per heavy atom. The minimum atomic E-state index is -0.0856. The average Bonchev–Trinajstić information content (AvgIpc) is 2.93. The van der Waals surface area contributed by atoms with Crippen LogP contribution < -0.4 is 10.6 Å². The van der Waals surface area contributed by atoms with Crippen LogP contribution in [0.3, 0.4) is 0 Å². The van der Waals surface area contributed by atoms with E-state index in [-0.39, 0.29) is 18.4 Å². The fourth-order valence-corrected chi connectivity index (χ4v) is 4.73. The van der Waals surface area contributed by atoms with Gasteiger partial charge in [0.15, 0.2) is 0 Å². The van der Waals surface area contributed by atoms with E-state index in [0.717, 1.165) is 18.5 Å². The van der Waals surface area contributed by atoms with Crippen LogP contribution in [0.1, 0.15) is 113 Å². The fourth-order valence-electron chi connectivity index (χ4n) is 4.73. The molecule has 0 aliphatic rings. The molecule has 0 heterocycles. The molecular formula is C33H51N3O2. The van der Waals surface area contributed by atoms with Gasteiger partial charge in [-0.05, 0) is 36.7 Å². The third-order valence-electron chi connectivity index (χ3n) is 7.00. The Balaban J connectivity index is 1.49. The van der Waals surface area contributed by atoms with E-state index in [2.05, 4.69) is 17.6 Å². The number of nitrogens with one attached hydrogen (secondary N) is 2. The molecule has 2 amide bonds. The molecule has 38 heavy (non-hydrogen) atoms. The lowest BCUT2D eigenvalue weighted by atomic mass is 10.0. The average molecular weight is 522 g/mol. The molecule has 0 aromatic heterocycles. The van der Waals surface area contributed by atoms with Crippen molar-refractivity contribution in [3.63, 3.8) is 0 Å². The van der Waals surface area contributed by atoms with Gasteiger partial charge in [0.2, 0.25) is 5.91 Å². The van der Waals surface area contributed by atoms with Crippen molar-refractivity contribution in [3.8, 4) is 0 Å². The number of rotatable bonds is 21. The Hall–Kier alpha value is -2.66. The molecule has 210 valence electrons. The first-order valence-corrected chi connectivity index (χ1v) is 15.0. The Kier molecular flexibility index (Phi) is 16.9. The molecule has 0 atom stereocenters. The SMILES string of the molecule is CCCCCCCCCCCCCCCCNCC(=O)Nc1cccc(C(=O)N(C)Cc2ccccc2)c1. The summed E-state index contributed by atoms with van der Waals surface area (Å²) in [6.07, 6.45) is 18.9. The smallest absolute Gasteiger partial charge is 0.253 e. The monoisotopic (exact) mass is 521 g/mol. The van der Waals surface area contributed by atoms with Gasteiger partial charge >= 0.3 is 0 Å². The zero-order valence-electron chi connectivity index (χ0n) is 24.0. The van der Waals surface area contributed by atoms with E-state index in [9.17, 15) is 9.59 Å². The van der Waals surface area contributed by atoms with E-state index < -0.39 is 0 Å². The fraction of sp³-hybridized carbons (Fsp3) is 0.576. The van der Waals surface area contributed by atoms with E-state index in [1.165, 1.54) is 83.5 Å². The standard InChI is InChI=1S/C33H51N3O2/c1-3-4-5-6-7-8-9-10-11-12-13-14-15-19-25-34-27-32(37)35-31-24-20-23-30(26-31)33(38)36(2)28-29-21-17-16-18-22-29/h16-18,20-24,26,34H,3-15,19,25,27-28H2,1-2H3,(H,35,37). The van der Waals surface area contributed by atoms with Crippen molar-refractivity contribution in [2.75, 3.05) is 25.5 Å². The van der Waals surface area contributed by atoms with Crippen molar-refractivity contribution < 1.29 is 9.59 Å². The minimum absolute atomic E-state index is 0.0686. The molecule has 0 spiro atoms. The Morgan fingerprint density at radius 3 is 1.89 bits per heavy atom. The predicted molar refractivity (Wildman–Crippen MR) is 160 cm³/mol. The summed E-state index contributed by atoms with van der Waals surface area (Å²) in [6, 6.07) is 17.1. The van der Waals surface area contributed by atoms with Gasteiger partial charge in [0, 0.05) is 24.8 Å². The van der Waals surface area contributed by atoms with Crippen molar-refractivity contribution in [2.45, 2.75) is 103 Å².